The Morgan fingerprint density at radius 1 is 1.47 bits per heavy atom. The molecule has 2 aromatic heterocycles. The van der Waals surface area contributed by atoms with Crippen LogP contribution in [0.25, 0.3) is 11.3 Å². The molecule has 5 heteroatoms. The van der Waals surface area contributed by atoms with Crippen LogP contribution in [0.1, 0.15) is 30.6 Å². The molecule has 2 rings (SSSR count). The normalized spacial score (nSPS) is 10.9. The molecule has 100 valence electrons. The molecule has 0 fully saturated rings. The van der Waals surface area contributed by atoms with Crippen LogP contribution in [0.15, 0.2) is 30.7 Å². The van der Waals surface area contributed by atoms with E-state index < -0.39 is 5.91 Å². The van der Waals surface area contributed by atoms with Gasteiger partial charge in [0.05, 0.1) is 11.9 Å². The van der Waals surface area contributed by atoms with Crippen LogP contribution in [0.4, 0.5) is 0 Å². The summed E-state index contributed by atoms with van der Waals surface area (Å²) in [4.78, 5) is 15.4. The fourth-order valence-corrected chi connectivity index (χ4v) is 1.75. The number of amides is 1. The molecule has 0 aromatic carbocycles. The van der Waals surface area contributed by atoms with Gasteiger partial charge in [0.1, 0.15) is 0 Å². The van der Waals surface area contributed by atoms with Gasteiger partial charge in [0, 0.05) is 30.1 Å². The Hall–Kier alpha value is -2.17. The molecule has 0 bridgehead atoms. The molecule has 2 heterocycles. The molecule has 0 aliphatic carbocycles. The molecule has 0 spiro atoms. The molecule has 0 unspecified atom stereocenters. The molecular weight excluding hydrogens is 240 g/mol. The zero-order chi connectivity index (χ0) is 13.8. The number of hydrogen-bond donors (Lipinski definition) is 1. The van der Waals surface area contributed by atoms with Gasteiger partial charge >= 0.3 is 0 Å². The van der Waals surface area contributed by atoms with Crippen LogP contribution in [0, 0.1) is 5.92 Å². The number of aromatic nitrogens is 3. The first-order valence-corrected chi connectivity index (χ1v) is 6.35. The fraction of sp³-hybridized carbons (Fsp3) is 0.357. The minimum absolute atomic E-state index is 0.448. The van der Waals surface area contributed by atoms with Crippen LogP contribution >= 0.6 is 0 Å². The second kappa shape index (κ2) is 5.65. The monoisotopic (exact) mass is 258 g/mol. The van der Waals surface area contributed by atoms with E-state index in [1.807, 2.05) is 10.9 Å². The number of carbonyl (C=O) groups excluding carboxylic acids is 1. The first kappa shape index (κ1) is 13.3. The molecule has 5 nitrogen and oxygen atoms in total. The number of primary amides is 1. The van der Waals surface area contributed by atoms with E-state index in [2.05, 4.69) is 23.9 Å². The maximum absolute atomic E-state index is 11.1. The van der Waals surface area contributed by atoms with Crippen molar-refractivity contribution in [2.45, 2.75) is 26.8 Å². The predicted octanol–water partition coefficient (Wildman–Crippen LogP) is 2.09. The van der Waals surface area contributed by atoms with E-state index in [0.29, 0.717) is 17.2 Å². The smallest absolute Gasteiger partial charge is 0.248 e. The van der Waals surface area contributed by atoms with E-state index in [9.17, 15) is 4.79 Å². The number of hydrogen-bond acceptors (Lipinski definition) is 3. The zero-order valence-electron chi connectivity index (χ0n) is 11.2. The lowest BCUT2D eigenvalue weighted by atomic mass is 10.1. The third-order valence-corrected chi connectivity index (χ3v) is 2.91. The molecule has 0 saturated carbocycles. The Balaban J connectivity index is 2.18. The van der Waals surface area contributed by atoms with Crippen molar-refractivity contribution in [3.8, 4) is 11.3 Å². The van der Waals surface area contributed by atoms with Gasteiger partial charge in [-0.2, -0.15) is 5.10 Å². The Kier molecular flexibility index (Phi) is 3.94. The van der Waals surface area contributed by atoms with Gasteiger partial charge in [0.15, 0.2) is 0 Å². The number of aryl methyl sites for hydroxylation is 1. The van der Waals surface area contributed by atoms with Crippen LogP contribution in [-0.4, -0.2) is 20.7 Å². The topological polar surface area (TPSA) is 73.8 Å². The number of nitrogens with zero attached hydrogens (tertiary/aromatic N) is 3. The van der Waals surface area contributed by atoms with Crippen molar-refractivity contribution in [3.63, 3.8) is 0 Å². The largest absolute Gasteiger partial charge is 0.366 e. The fourth-order valence-electron chi connectivity index (χ4n) is 1.75. The summed E-state index contributed by atoms with van der Waals surface area (Å²) in [6.07, 6.45) is 6.36. The first-order chi connectivity index (χ1) is 9.06. The summed E-state index contributed by atoms with van der Waals surface area (Å²) in [7, 11) is 0. The van der Waals surface area contributed by atoms with Crippen LogP contribution < -0.4 is 5.73 Å². The van der Waals surface area contributed by atoms with Crippen molar-refractivity contribution in [2.75, 3.05) is 0 Å². The molecular formula is C14H18N4O. The van der Waals surface area contributed by atoms with Gasteiger partial charge in [-0.05, 0) is 24.5 Å². The summed E-state index contributed by atoms with van der Waals surface area (Å²) >= 11 is 0. The second-order valence-corrected chi connectivity index (χ2v) is 4.97. The minimum atomic E-state index is -0.448. The summed E-state index contributed by atoms with van der Waals surface area (Å²) < 4.78 is 1.90. The van der Waals surface area contributed by atoms with Gasteiger partial charge in [-0.1, -0.05) is 13.8 Å². The van der Waals surface area contributed by atoms with Crippen molar-refractivity contribution >= 4 is 5.91 Å². The third kappa shape index (κ3) is 3.40. The average Bonchev–Trinajstić information content (AvgIpc) is 2.85. The Bertz CT molecular complexity index is 574. The van der Waals surface area contributed by atoms with Crippen LogP contribution in [0.3, 0.4) is 0 Å². The summed E-state index contributed by atoms with van der Waals surface area (Å²) in [6, 6.07) is 3.29. The van der Waals surface area contributed by atoms with E-state index in [1.165, 1.54) is 0 Å². The van der Waals surface area contributed by atoms with E-state index in [0.717, 1.165) is 18.5 Å². The van der Waals surface area contributed by atoms with Gasteiger partial charge in [-0.25, -0.2) is 0 Å². The highest BCUT2D eigenvalue weighted by molar-refractivity contribution is 5.93. The Morgan fingerprint density at radius 3 is 2.95 bits per heavy atom. The van der Waals surface area contributed by atoms with Crippen molar-refractivity contribution in [1.29, 1.82) is 0 Å². The molecule has 0 aliphatic heterocycles. The number of rotatable bonds is 5. The molecule has 2 aromatic rings. The van der Waals surface area contributed by atoms with Gasteiger partial charge in [0.2, 0.25) is 5.91 Å². The van der Waals surface area contributed by atoms with Gasteiger partial charge in [0.25, 0.3) is 0 Å². The number of pyridine rings is 1. The summed E-state index contributed by atoms with van der Waals surface area (Å²) in [5.74, 6) is 0.194. The Labute approximate surface area is 112 Å². The van der Waals surface area contributed by atoms with Crippen molar-refractivity contribution in [3.05, 3.63) is 36.3 Å². The standard InChI is InChI=1S/C14H18N4O/c1-10(2)4-6-18-9-12(8-17-18)13-7-11(14(15)19)3-5-16-13/h3,5,7-10H,4,6H2,1-2H3,(H2,15,19). The van der Waals surface area contributed by atoms with Crippen molar-refractivity contribution < 1.29 is 4.79 Å². The lowest BCUT2D eigenvalue weighted by Gasteiger charge is -2.03. The first-order valence-electron chi connectivity index (χ1n) is 6.35. The summed E-state index contributed by atoms with van der Waals surface area (Å²) in [5, 5.41) is 4.30. The zero-order valence-corrected chi connectivity index (χ0v) is 11.2. The maximum atomic E-state index is 11.1. The predicted molar refractivity (Wildman–Crippen MR) is 73.4 cm³/mol. The van der Waals surface area contributed by atoms with Crippen LogP contribution in [0.5, 0.6) is 0 Å². The van der Waals surface area contributed by atoms with Gasteiger partial charge < -0.3 is 5.73 Å². The highest BCUT2D eigenvalue weighted by Crippen LogP contribution is 2.17. The van der Waals surface area contributed by atoms with E-state index >= 15 is 0 Å². The average molecular weight is 258 g/mol. The van der Waals surface area contributed by atoms with Crippen LogP contribution in [0.2, 0.25) is 0 Å². The lowest BCUT2D eigenvalue weighted by molar-refractivity contribution is 0.1000. The molecule has 19 heavy (non-hydrogen) atoms. The lowest BCUT2D eigenvalue weighted by Crippen LogP contribution is -2.10. The van der Waals surface area contributed by atoms with E-state index in [4.69, 9.17) is 5.73 Å². The summed E-state index contributed by atoms with van der Waals surface area (Å²) in [6.45, 7) is 5.25. The third-order valence-electron chi connectivity index (χ3n) is 2.91. The molecule has 0 atom stereocenters. The van der Waals surface area contributed by atoms with E-state index in [-0.39, 0.29) is 0 Å². The van der Waals surface area contributed by atoms with Gasteiger partial charge in [-0.15, -0.1) is 0 Å². The molecule has 0 aliphatic rings. The highest BCUT2D eigenvalue weighted by Gasteiger charge is 2.07. The maximum Gasteiger partial charge on any atom is 0.248 e. The quantitative estimate of drug-likeness (QED) is 0.892. The minimum Gasteiger partial charge on any atom is -0.366 e. The SMILES string of the molecule is CC(C)CCn1cc(-c2cc(C(N)=O)ccn2)cn1. The van der Waals surface area contributed by atoms with Crippen LogP contribution in [-0.2, 0) is 6.54 Å². The molecule has 1 amide bonds. The molecule has 0 radical (unpaired) electrons. The number of nitrogens with two attached hydrogens (primary N) is 1. The number of carbonyl (C=O) groups is 1. The Morgan fingerprint density at radius 2 is 2.26 bits per heavy atom. The van der Waals surface area contributed by atoms with Gasteiger partial charge in [-0.3, -0.25) is 14.5 Å². The van der Waals surface area contributed by atoms with E-state index in [1.54, 1.807) is 24.5 Å². The molecule has 0 saturated heterocycles. The molecule has 2 N–H and O–H groups in total. The summed E-state index contributed by atoms with van der Waals surface area (Å²) in [5.41, 5.74) is 7.33. The highest BCUT2D eigenvalue weighted by atomic mass is 16.1. The van der Waals surface area contributed by atoms with Crippen molar-refractivity contribution in [1.82, 2.24) is 14.8 Å². The second-order valence-electron chi connectivity index (χ2n) is 4.97. The van der Waals surface area contributed by atoms with Crippen molar-refractivity contribution in [2.24, 2.45) is 11.7 Å².